The van der Waals surface area contributed by atoms with E-state index >= 15 is 0 Å². The third-order valence-electron chi connectivity index (χ3n) is 4.38. The molecule has 2 aromatic heterocycles. The largest absolute Gasteiger partial charge is 0.378 e. The first kappa shape index (κ1) is 15.4. The predicted octanol–water partition coefficient (Wildman–Crippen LogP) is 3.50. The number of hydrogen-bond acceptors (Lipinski definition) is 4. The highest BCUT2D eigenvalue weighted by Gasteiger charge is 2.19. The molecule has 0 aliphatic carbocycles. The molecule has 0 N–H and O–H groups in total. The van der Waals surface area contributed by atoms with E-state index in [1.807, 2.05) is 35.7 Å². The number of anilines is 1. The molecule has 0 spiro atoms. The fourth-order valence-electron chi connectivity index (χ4n) is 3.13. The van der Waals surface area contributed by atoms with Gasteiger partial charge in [-0.1, -0.05) is 23.7 Å². The van der Waals surface area contributed by atoms with Gasteiger partial charge in [-0.05, 0) is 26.0 Å². The van der Waals surface area contributed by atoms with Gasteiger partial charge < -0.3 is 9.64 Å². The third kappa shape index (κ3) is 2.64. The lowest BCUT2D eigenvalue weighted by atomic mass is 10.1. The summed E-state index contributed by atoms with van der Waals surface area (Å²) in [6, 6.07) is 9.87. The van der Waals surface area contributed by atoms with E-state index in [-0.39, 0.29) is 0 Å². The van der Waals surface area contributed by atoms with Gasteiger partial charge >= 0.3 is 0 Å². The van der Waals surface area contributed by atoms with Gasteiger partial charge in [-0.2, -0.15) is 9.61 Å². The standard InChI is InChI=1S/C18H19ClN4O/c1-12-11-16(22-7-9-24-10-8-22)23-18(20-12)13(2)17(21-23)14-3-5-15(19)6-4-14/h3-6,11H,7-10H2,1-2H3. The molecule has 0 amide bonds. The van der Waals surface area contributed by atoms with Gasteiger partial charge in [-0.25, -0.2) is 4.98 Å². The number of aryl methyl sites for hydroxylation is 2. The molecule has 0 bridgehead atoms. The molecule has 0 atom stereocenters. The van der Waals surface area contributed by atoms with Crippen LogP contribution in [0, 0.1) is 13.8 Å². The van der Waals surface area contributed by atoms with E-state index in [0.29, 0.717) is 0 Å². The van der Waals surface area contributed by atoms with Gasteiger partial charge in [0.2, 0.25) is 0 Å². The minimum absolute atomic E-state index is 0.725. The lowest BCUT2D eigenvalue weighted by molar-refractivity contribution is 0.122. The van der Waals surface area contributed by atoms with Crippen LogP contribution in [0.1, 0.15) is 11.3 Å². The summed E-state index contributed by atoms with van der Waals surface area (Å²) in [5, 5.41) is 5.58. The van der Waals surface area contributed by atoms with Gasteiger partial charge in [0.05, 0.1) is 18.9 Å². The summed E-state index contributed by atoms with van der Waals surface area (Å²) in [4.78, 5) is 7.02. The Morgan fingerprint density at radius 3 is 2.50 bits per heavy atom. The zero-order valence-corrected chi connectivity index (χ0v) is 14.5. The second-order valence-electron chi connectivity index (χ2n) is 6.07. The SMILES string of the molecule is Cc1cc(N2CCOCC2)n2nc(-c3ccc(Cl)cc3)c(C)c2n1. The van der Waals surface area contributed by atoms with Crippen molar-refractivity contribution in [2.75, 3.05) is 31.2 Å². The minimum Gasteiger partial charge on any atom is -0.378 e. The number of ether oxygens (including phenoxy) is 1. The van der Waals surface area contributed by atoms with Crippen LogP contribution < -0.4 is 4.90 Å². The maximum Gasteiger partial charge on any atom is 0.161 e. The number of benzene rings is 1. The average molecular weight is 343 g/mol. The molecule has 3 heterocycles. The maximum absolute atomic E-state index is 6.01. The van der Waals surface area contributed by atoms with Crippen LogP contribution in [-0.2, 0) is 4.74 Å². The molecule has 5 nitrogen and oxygen atoms in total. The Labute approximate surface area is 145 Å². The molecule has 1 saturated heterocycles. The Hall–Kier alpha value is -2.11. The second-order valence-corrected chi connectivity index (χ2v) is 6.51. The molecule has 4 rings (SSSR count). The molecule has 6 heteroatoms. The lowest BCUT2D eigenvalue weighted by Crippen LogP contribution is -2.37. The summed E-state index contributed by atoms with van der Waals surface area (Å²) in [6.07, 6.45) is 0. The van der Waals surface area contributed by atoms with Crippen LogP contribution in [0.2, 0.25) is 5.02 Å². The van der Waals surface area contributed by atoms with E-state index in [1.54, 1.807) is 0 Å². The Kier molecular flexibility index (Phi) is 3.90. The van der Waals surface area contributed by atoms with Crippen molar-refractivity contribution in [3.05, 3.63) is 46.6 Å². The summed E-state index contributed by atoms with van der Waals surface area (Å²) in [7, 11) is 0. The predicted molar refractivity (Wildman–Crippen MR) is 95.9 cm³/mol. The summed E-state index contributed by atoms with van der Waals surface area (Å²) in [5.74, 6) is 1.07. The average Bonchev–Trinajstić information content (AvgIpc) is 2.93. The fourth-order valence-corrected chi connectivity index (χ4v) is 3.25. The van der Waals surface area contributed by atoms with Gasteiger partial charge in [-0.15, -0.1) is 0 Å². The van der Waals surface area contributed by atoms with Gasteiger partial charge in [0.25, 0.3) is 0 Å². The minimum atomic E-state index is 0.725. The molecule has 1 aliphatic rings. The lowest BCUT2D eigenvalue weighted by Gasteiger charge is -2.29. The quantitative estimate of drug-likeness (QED) is 0.715. The zero-order chi connectivity index (χ0) is 16.7. The second kappa shape index (κ2) is 6.07. The normalized spacial score (nSPS) is 15.2. The number of nitrogens with zero attached hydrogens (tertiary/aromatic N) is 4. The van der Waals surface area contributed by atoms with Crippen molar-refractivity contribution in [2.24, 2.45) is 0 Å². The highest BCUT2D eigenvalue weighted by molar-refractivity contribution is 6.30. The third-order valence-corrected chi connectivity index (χ3v) is 4.63. The molecule has 0 unspecified atom stereocenters. The number of aromatic nitrogens is 3. The molecule has 0 saturated carbocycles. The first-order chi connectivity index (χ1) is 11.6. The number of hydrogen-bond donors (Lipinski definition) is 0. The van der Waals surface area contributed by atoms with Gasteiger partial charge in [0.15, 0.2) is 5.65 Å². The Morgan fingerprint density at radius 2 is 1.79 bits per heavy atom. The van der Waals surface area contributed by atoms with Gasteiger partial charge in [0.1, 0.15) is 5.82 Å². The van der Waals surface area contributed by atoms with E-state index < -0.39 is 0 Å². The van der Waals surface area contributed by atoms with Gasteiger partial charge in [-0.3, -0.25) is 0 Å². The zero-order valence-electron chi connectivity index (χ0n) is 13.8. The van der Waals surface area contributed by atoms with E-state index in [1.165, 1.54) is 0 Å². The summed E-state index contributed by atoms with van der Waals surface area (Å²) >= 11 is 6.01. The van der Waals surface area contributed by atoms with Gasteiger partial charge in [0, 0.05) is 41.0 Å². The maximum atomic E-state index is 6.01. The molecule has 1 fully saturated rings. The first-order valence-electron chi connectivity index (χ1n) is 8.09. The van der Waals surface area contributed by atoms with Crippen molar-refractivity contribution in [3.8, 4) is 11.3 Å². The van der Waals surface area contributed by atoms with Crippen molar-refractivity contribution in [2.45, 2.75) is 13.8 Å². The molecule has 124 valence electrons. The Bertz CT molecular complexity index is 882. The number of halogens is 1. The number of fused-ring (bicyclic) bond motifs is 1. The van der Waals surface area contributed by atoms with E-state index in [4.69, 9.17) is 26.4 Å². The first-order valence-corrected chi connectivity index (χ1v) is 8.47. The van der Waals surface area contributed by atoms with Crippen molar-refractivity contribution in [3.63, 3.8) is 0 Å². The van der Waals surface area contributed by atoms with Crippen LogP contribution in [0.4, 0.5) is 5.82 Å². The molecular weight excluding hydrogens is 324 g/mol. The molecule has 1 aromatic carbocycles. The molecule has 3 aromatic rings. The van der Waals surface area contributed by atoms with E-state index in [2.05, 4.69) is 17.9 Å². The monoisotopic (exact) mass is 342 g/mol. The fraction of sp³-hybridized carbons (Fsp3) is 0.333. The Balaban J connectivity index is 1.89. The summed E-state index contributed by atoms with van der Waals surface area (Å²) < 4.78 is 7.43. The highest BCUT2D eigenvalue weighted by Crippen LogP contribution is 2.29. The van der Waals surface area contributed by atoms with E-state index in [0.717, 1.165) is 65.3 Å². The van der Waals surface area contributed by atoms with Crippen LogP contribution in [-0.4, -0.2) is 40.9 Å². The highest BCUT2D eigenvalue weighted by atomic mass is 35.5. The number of rotatable bonds is 2. The van der Waals surface area contributed by atoms with Crippen LogP contribution in [0.3, 0.4) is 0 Å². The summed E-state index contributed by atoms with van der Waals surface area (Å²) in [6.45, 7) is 7.32. The van der Waals surface area contributed by atoms with Crippen LogP contribution in [0.5, 0.6) is 0 Å². The van der Waals surface area contributed by atoms with Crippen molar-refractivity contribution in [1.82, 2.24) is 14.6 Å². The van der Waals surface area contributed by atoms with Crippen LogP contribution in [0.25, 0.3) is 16.9 Å². The van der Waals surface area contributed by atoms with E-state index in [9.17, 15) is 0 Å². The smallest absolute Gasteiger partial charge is 0.161 e. The van der Waals surface area contributed by atoms with Crippen molar-refractivity contribution >= 4 is 23.1 Å². The molecule has 24 heavy (non-hydrogen) atoms. The van der Waals surface area contributed by atoms with Crippen molar-refractivity contribution in [1.29, 1.82) is 0 Å². The summed E-state index contributed by atoms with van der Waals surface area (Å²) in [5.41, 5.74) is 4.97. The van der Waals surface area contributed by atoms with Crippen LogP contribution >= 0.6 is 11.6 Å². The molecule has 1 aliphatic heterocycles. The number of morpholine rings is 1. The van der Waals surface area contributed by atoms with Crippen molar-refractivity contribution < 1.29 is 4.74 Å². The molecular formula is C18H19ClN4O. The topological polar surface area (TPSA) is 42.7 Å². The Morgan fingerprint density at radius 1 is 1.08 bits per heavy atom. The molecule has 0 radical (unpaired) electrons. The van der Waals surface area contributed by atoms with Crippen LogP contribution in [0.15, 0.2) is 30.3 Å².